The molecule has 0 unspecified atom stereocenters. The van der Waals surface area contributed by atoms with Crippen molar-refractivity contribution in [2.75, 3.05) is 14.1 Å². The van der Waals surface area contributed by atoms with E-state index in [1.807, 2.05) is 6.92 Å². The number of hydrogen-bond donors (Lipinski definition) is 1. The van der Waals surface area contributed by atoms with Crippen LogP contribution in [0.5, 0.6) is 0 Å². The SMILES string of the molecule is C[C@@H](O)C[C@H]1CCC2=C1c1c(ncnc1CC1CCC(N(C)C)CC1)C2. The van der Waals surface area contributed by atoms with Gasteiger partial charge in [-0.1, -0.05) is 5.57 Å². The molecule has 0 spiro atoms. The molecular formula is C22H33N3O. The van der Waals surface area contributed by atoms with Crippen LogP contribution in [-0.4, -0.2) is 46.2 Å². The quantitative estimate of drug-likeness (QED) is 0.876. The first-order valence-electron chi connectivity index (χ1n) is 10.4. The number of aliphatic hydroxyl groups excluding tert-OH is 1. The van der Waals surface area contributed by atoms with Crippen molar-refractivity contribution < 1.29 is 5.11 Å². The molecule has 0 aliphatic heterocycles. The Morgan fingerprint density at radius 1 is 1.15 bits per heavy atom. The lowest BCUT2D eigenvalue weighted by atomic mass is 9.81. The summed E-state index contributed by atoms with van der Waals surface area (Å²) in [4.78, 5) is 11.8. The van der Waals surface area contributed by atoms with Crippen LogP contribution >= 0.6 is 0 Å². The minimum absolute atomic E-state index is 0.231. The van der Waals surface area contributed by atoms with Gasteiger partial charge < -0.3 is 10.0 Å². The molecule has 1 aromatic rings. The van der Waals surface area contributed by atoms with Gasteiger partial charge in [0.15, 0.2) is 0 Å². The largest absolute Gasteiger partial charge is 0.393 e. The van der Waals surface area contributed by atoms with Gasteiger partial charge in [0.2, 0.25) is 0 Å². The first kappa shape index (κ1) is 18.1. The Kier molecular flexibility index (Phi) is 5.15. The number of aliphatic hydroxyl groups is 1. The fourth-order valence-electron chi connectivity index (χ4n) is 5.53. The van der Waals surface area contributed by atoms with E-state index in [0.717, 1.165) is 31.2 Å². The minimum Gasteiger partial charge on any atom is -0.393 e. The van der Waals surface area contributed by atoms with E-state index >= 15 is 0 Å². The van der Waals surface area contributed by atoms with Crippen LogP contribution in [0.25, 0.3) is 5.57 Å². The zero-order valence-corrected chi connectivity index (χ0v) is 16.5. The van der Waals surface area contributed by atoms with Crippen molar-refractivity contribution in [3.05, 3.63) is 28.9 Å². The number of allylic oxidation sites excluding steroid dienone is 2. The van der Waals surface area contributed by atoms with Gasteiger partial charge in [-0.3, -0.25) is 0 Å². The molecule has 1 heterocycles. The van der Waals surface area contributed by atoms with Crippen molar-refractivity contribution in [3.63, 3.8) is 0 Å². The lowest BCUT2D eigenvalue weighted by molar-refractivity contribution is 0.170. The fourth-order valence-corrected chi connectivity index (χ4v) is 5.53. The second-order valence-corrected chi connectivity index (χ2v) is 9.00. The minimum atomic E-state index is -0.231. The summed E-state index contributed by atoms with van der Waals surface area (Å²) in [6, 6.07) is 0.752. The predicted octanol–water partition coefficient (Wildman–Crippen LogP) is 3.63. The van der Waals surface area contributed by atoms with E-state index in [9.17, 15) is 5.11 Å². The van der Waals surface area contributed by atoms with Gasteiger partial charge in [-0.2, -0.15) is 0 Å². The van der Waals surface area contributed by atoms with E-state index in [1.165, 1.54) is 61.0 Å². The van der Waals surface area contributed by atoms with Crippen molar-refractivity contribution >= 4 is 5.57 Å². The van der Waals surface area contributed by atoms with Gasteiger partial charge in [-0.25, -0.2) is 9.97 Å². The number of rotatable bonds is 5. The first-order chi connectivity index (χ1) is 12.5. The molecule has 4 heteroatoms. The van der Waals surface area contributed by atoms with Crippen molar-refractivity contribution in [2.45, 2.75) is 76.9 Å². The number of hydrogen-bond acceptors (Lipinski definition) is 4. The van der Waals surface area contributed by atoms with E-state index < -0.39 is 0 Å². The Labute approximate surface area is 157 Å². The van der Waals surface area contributed by atoms with Crippen molar-refractivity contribution in [1.82, 2.24) is 14.9 Å². The number of fused-ring (bicyclic) bond motifs is 2. The molecule has 0 bridgehead atoms. The molecule has 26 heavy (non-hydrogen) atoms. The Bertz CT molecular complexity index is 687. The summed E-state index contributed by atoms with van der Waals surface area (Å²) < 4.78 is 0. The molecule has 1 N–H and O–H groups in total. The van der Waals surface area contributed by atoms with Gasteiger partial charge in [0.1, 0.15) is 6.33 Å². The van der Waals surface area contributed by atoms with E-state index in [4.69, 9.17) is 4.98 Å². The average molecular weight is 356 g/mol. The summed E-state index contributed by atoms with van der Waals surface area (Å²) in [5.41, 5.74) is 6.99. The molecule has 142 valence electrons. The number of nitrogens with zero attached hydrogens (tertiary/aromatic N) is 3. The summed E-state index contributed by atoms with van der Waals surface area (Å²) in [6.45, 7) is 1.92. The number of aromatic nitrogens is 2. The van der Waals surface area contributed by atoms with Gasteiger partial charge in [0.25, 0.3) is 0 Å². The second kappa shape index (κ2) is 7.40. The first-order valence-corrected chi connectivity index (χ1v) is 10.4. The summed E-state index contributed by atoms with van der Waals surface area (Å²) >= 11 is 0. The average Bonchev–Trinajstić information content (AvgIpc) is 3.15. The van der Waals surface area contributed by atoms with E-state index in [-0.39, 0.29) is 6.10 Å². The summed E-state index contributed by atoms with van der Waals surface area (Å²) in [5.74, 6) is 1.26. The van der Waals surface area contributed by atoms with Crippen LogP contribution < -0.4 is 0 Å². The Balaban J connectivity index is 1.53. The summed E-state index contributed by atoms with van der Waals surface area (Å²) in [7, 11) is 4.41. The van der Waals surface area contributed by atoms with Crippen molar-refractivity contribution in [3.8, 4) is 0 Å². The summed E-state index contributed by atoms with van der Waals surface area (Å²) in [6.07, 6.45) is 12.2. The highest BCUT2D eigenvalue weighted by molar-refractivity contribution is 5.79. The zero-order valence-electron chi connectivity index (χ0n) is 16.5. The molecule has 0 aromatic carbocycles. The van der Waals surface area contributed by atoms with Gasteiger partial charge in [-0.15, -0.1) is 0 Å². The Morgan fingerprint density at radius 3 is 2.62 bits per heavy atom. The third-order valence-electron chi connectivity index (χ3n) is 6.89. The highest BCUT2D eigenvalue weighted by Gasteiger charge is 2.36. The Hall–Kier alpha value is -1.26. The van der Waals surface area contributed by atoms with E-state index in [1.54, 1.807) is 11.9 Å². The van der Waals surface area contributed by atoms with Crippen molar-refractivity contribution in [1.29, 1.82) is 0 Å². The molecule has 4 rings (SSSR count). The van der Waals surface area contributed by atoms with E-state index in [0.29, 0.717) is 5.92 Å². The fraction of sp³-hybridized carbons (Fsp3) is 0.727. The molecule has 3 aliphatic rings. The summed E-state index contributed by atoms with van der Waals surface area (Å²) in [5, 5.41) is 9.92. The predicted molar refractivity (Wildman–Crippen MR) is 105 cm³/mol. The third-order valence-corrected chi connectivity index (χ3v) is 6.89. The van der Waals surface area contributed by atoms with Crippen LogP contribution in [0.15, 0.2) is 11.9 Å². The molecule has 2 atom stereocenters. The maximum absolute atomic E-state index is 9.92. The standard InChI is InChI=1S/C22H33N3O/c1-14(26)10-16-6-7-17-12-20-22(21(16)17)19(23-13-24-20)11-15-4-8-18(9-5-15)25(2)3/h13-16,18,26H,4-12H2,1-3H3/t14-,15?,16-,18?/m1/s1. The smallest absolute Gasteiger partial charge is 0.115 e. The highest BCUT2D eigenvalue weighted by Crippen LogP contribution is 2.49. The molecular weight excluding hydrogens is 322 g/mol. The second-order valence-electron chi connectivity index (χ2n) is 9.00. The van der Waals surface area contributed by atoms with Crippen LogP contribution in [0.3, 0.4) is 0 Å². The van der Waals surface area contributed by atoms with Crippen LogP contribution in [0.1, 0.15) is 68.8 Å². The van der Waals surface area contributed by atoms with Gasteiger partial charge in [0.05, 0.1) is 17.5 Å². The van der Waals surface area contributed by atoms with Gasteiger partial charge in [-0.05, 0) is 89.8 Å². The molecule has 4 nitrogen and oxygen atoms in total. The Morgan fingerprint density at radius 2 is 1.92 bits per heavy atom. The topological polar surface area (TPSA) is 49.3 Å². The molecule has 3 aliphatic carbocycles. The van der Waals surface area contributed by atoms with Gasteiger partial charge >= 0.3 is 0 Å². The molecule has 0 radical (unpaired) electrons. The normalized spacial score (nSPS) is 29.2. The molecule has 1 fully saturated rings. The van der Waals surface area contributed by atoms with Crippen LogP contribution in [0, 0.1) is 11.8 Å². The molecule has 0 amide bonds. The zero-order chi connectivity index (χ0) is 18.3. The third kappa shape index (κ3) is 3.46. The maximum atomic E-state index is 9.92. The molecule has 0 saturated heterocycles. The van der Waals surface area contributed by atoms with Crippen molar-refractivity contribution in [2.24, 2.45) is 11.8 Å². The molecule has 1 aromatic heterocycles. The molecule has 1 saturated carbocycles. The van der Waals surface area contributed by atoms with Gasteiger partial charge in [0, 0.05) is 18.0 Å². The monoisotopic (exact) mass is 355 g/mol. The van der Waals surface area contributed by atoms with Crippen LogP contribution in [0.2, 0.25) is 0 Å². The lowest BCUT2D eigenvalue weighted by Crippen LogP contribution is -2.32. The van der Waals surface area contributed by atoms with Crippen LogP contribution in [-0.2, 0) is 12.8 Å². The maximum Gasteiger partial charge on any atom is 0.115 e. The van der Waals surface area contributed by atoms with Crippen LogP contribution in [0.4, 0.5) is 0 Å². The van der Waals surface area contributed by atoms with E-state index in [2.05, 4.69) is 24.0 Å². The highest BCUT2D eigenvalue weighted by atomic mass is 16.3. The lowest BCUT2D eigenvalue weighted by Gasteiger charge is -2.32.